The fourth-order valence-corrected chi connectivity index (χ4v) is 3.70. The van der Waals surface area contributed by atoms with Crippen molar-refractivity contribution >= 4 is 17.0 Å². The van der Waals surface area contributed by atoms with Crippen molar-refractivity contribution in [2.24, 2.45) is 0 Å². The Balaban J connectivity index is 2.04. The van der Waals surface area contributed by atoms with E-state index >= 15 is 0 Å². The number of hydrogen-bond acceptors (Lipinski definition) is 7. The summed E-state index contributed by atoms with van der Waals surface area (Å²) < 4.78 is 11.9. The predicted molar refractivity (Wildman–Crippen MR) is 121 cm³/mol. The first kappa shape index (κ1) is 21.5. The van der Waals surface area contributed by atoms with Crippen molar-refractivity contribution < 1.29 is 29.6 Å². The molecule has 2 heterocycles. The van der Waals surface area contributed by atoms with Crippen LogP contribution in [0.1, 0.15) is 31.9 Å². The highest BCUT2D eigenvalue weighted by atomic mass is 16.5. The number of aromatic hydroxyl groups is 3. The molecule has 4 N–H and O–H groups in total. The fraction of sp³-hybridized carbons (Fsp3) is 0.240. The SMILES string of the molecule is C=C(C)C(O)Cc1c2c(c3occ(-c4ccc(O)c(O)c4)c(=O)c3c1O)C=CC(C)(C)O2. The van der Waals surface area contributed by atoms with Crippen LogP contribution in [0.25, 0.3) is 28.2 Å². The van der Waals surface area contributed by atoms with E-state index in [0.29, 0.717) is 22.4 Å². The lowest BCUT2D eigenvalue weighted by atomic mass is 9.92. The first-order chi connectivity index (χ1) is 15.0. The lowest BCUT2D eigenvalue weighted by molar-refractivity contribution is 0.153. The Morgan fingerprint density at radius 2 is 1.91 bits per heavy atom. The molecule has 2 aromatic carbocycles. The molecule has 3 aromatic rings. The molecular formula is C25H24O7. The molecule has 1 aliphatic rings. The van der Waals surface area contributed by atoms with E-state index in [1.807, 2.05) is 19.9 Å². The van der Waals surface area contributed by atoms with E-state index in [1.165, 1.54) is 24.5 Å². The summed E-state index contributed by atoms with van der Waals surface area (Å²) in [5.74, 6) is -0.720. The number of hydrogen-bond donors (Lipinski definition) is 4. The molecule has 166 valence electrons. The first-order valence-electron chi connectivity index (χ1n) is 10.1. The molecule has 1 aromatic heterocycles. The Morgan fingerprint density at radius 3 is 2.56 bits per heavy atom. The maximum absolute atomic E-state index is 13.4. The lowest BCUT2D eigenvalue weighted by Crippen LogP contribution is -2.29. The molecule has 0 bridgehead atoms. The Labute approximate surface area is 184 Å². The van der Waals surface area contributed by atoms with Gasteiger partial charge in [-0.3, -0.25) is 4.79 Å². The summed E-state index contributed by atoms with van der Waals surface area (Å²) in [6.45, 7) is 9.13. The topological polar surface area (TPSA) is 120 Å². The van der Waals surface area contributed by atoms with Gasteiger partial charge in [-0.25, -0.2) is 0 Å². The van der Waals surface area contributed by atoms with Crippen LogP contribution in [0.4, 0.5) is 0 Å². The van der Waals surface area contributed by atoms with Gasteiger partial charge in [-0.05, 0) is 50.6 Å². The molecule has 1 atom stereocenters. The van der Waals surface area contributed by atoms with Crippen LogP contribution >= 0.6 is 0 Å². The molecule has 0 saturated carbocycles. The normalized spacial score (nSPS) is 15.2. The van der Waals surface area contributed by atoms with Gasteiger partial charge in [-0.1, -0.05) is 18.2 Å². The molecule has 1 unspecified atom stereocenters. The van der Waals surface area contributed by atoms with E-state index in [9.17, 15) is 25.2 Å². The van der Waals surface area contributed by atoms with Crippen molar-refractivity contribution in [2.75, 3.05) is 0 Å². The Morgan fingerprint density at radius 1 is 1.19 bits per heavy atom. The maximum Gasteiger partial charge on any atom is 0.204 e. The summed E-state index contributed by atoms with van der Waals surface area (Å²) >= 11 is 0. The van der Waals surface area contributed by atoms with Crippen LogP contribution < -0.4 is 10.2 Å². The first-order valence-corrected chi connectivity index (χ1v) is 10.1. The predicted octanol–water partition coefficient (Wildman–Crippen LogP) is 4.24. The average Bonchev–Trinajstić information content (AvgIpc) is 2.72. The molecule has 0 fully saturated rings. The van der Waals surface area contributed by atoms with Gasteiger partial charge in [0.1, 0.15) is 28.7 Å². The Hall–Kier alpha value is -3.71. The molecular weight excluding hydrogens is 412 g/mol. The second kappa shape index (κ2) is 7.46. The average molecular weight is 436 g/mol. The molecule has 7 nitrogen and oxygen atoms in total. The molecule has 0 radical (unpaired) electrons. The summed E-state index contributed by atoms with van der Waals surface area (Å²) in [6.07, 6.45) is 3.87. The third-order valence-electron chi connectivity index (χ3n) is 5.55. The highest BCUT2D eigenvalue weighted by molar-refractivity contribution is 5.97. The quantitative estimate of drug-likeness (QED) is 0.357. The number of rotatable bonds is 4. The van der Waals surface area contributed by atoms with Gasteiger partial charge in [0.05, 0.1) is 17.2 Å². The molecule has 0 saturated heterocycles. The van der Waals surface area contributed by atoms with Crippen LogP contribution in [0.5, 0.6) is 23.0 Å². The molecule has 0 amide bonds. The van der Waals surface area contributed by atoms with E-state index in [0.717, 1.165) is 0 Å². The number of ether oxygens (including phenoxy) is 1. The van der Waals surface area contributed by atoms with Gasteiger partial charge < -0.3 is 29.6 Å². The molecule has 0 spiro atoms. The Bertz CT molecular complexity index is 1340. The summed E-state index contributed by atoms with van der Waals surface area (Å²) in [5.41, 5.74) is 0.622. The van der Waals surface area contributed by atoms with Crippen LogP contribution in [-0.2, 0) is 6.42 Å². The summed E-state index contributed by atoms with van der Waals surface area (Å²) in [4.78, 5) is 13.4. The zero-order chi connectivity index (χ0) is 23.4. The zero-order valence-electron chi connectivity index (χ0n) is 18.0. The standard InChI is InChI=1S/C25H24O7/c1-12(2)18(27)10-15-21(29)20-22(30)16(13-5-6-17(26)19(28)9-13)11-31-24(20)14-7-8-25(3,4)32-23(14)15/h5-9,11,18,26-29H,1,10H2,2-4H3. The van der Waals surface area contributed by atoms with Crippen LogP contribution in [0, 0.1) is 0 Å². The van der Waals surface area contributed by atoms with Crippen LogP contribution in [0.2, 0.25) is 0 Å². The summed E-state index contributed by atoms with van der Waals surface area (Å²) in [5, 5.41) is 40.9. The Kier molecular flexibility index (Phi) is 5.02. The number of benzene rings is 2. The zero-order valence-corrected chi connectivity index (χ0v) is 18.0. The number of aliphatic hydroxyl groups excluding tert-OH is 1. The van der Waals surface area contributed by atoms with E-state index in [-0.39, 0.29) is 45.8 Å². The van der Waals surface area contributed by atoms with Crippen LogP contribution in [0.15, 0.2) is 51.9 Å². The number of phenolic OH excluding ortho intramolecular Hbond substituents is 3. The third kappa shape index (κ3) is 3.50. The van der Waals surface area contributed by atoms with E-state index < -0.39 is 17.1 Å². The minimum absolute atomic E-state index is 0.00692. The van der Waals surface area contributed by atoms with Gasteiger partial charge in [0, 0.05) is 12.0 Å². The van der Waals surface area contributed by atoms with E-state index in [2.05, 4.69) is 6.58 Å². The summed E-state index contributed by atoms with van der Waals surface area (Å²) in [6, 6.07) is 3.95. The van der Waals surface area contributed by atoms with Gasteiger partial charge in [0.2, 0.25) is 5.43 Å². The highest BCUT2D eigenvalue weighted by Gasteiger charge is 2.31. The number of aliphatic hydroxyl groups is 1. The second-order valence-electron chi connectivity index (χ2n) is 8.56. The molecule has 7 heteroatoms. The molecule has 1 aliphatic heterocycles. The van der Waals surface area contributed by atoms with Gasteiger partial charge in [0.25, 0.3) is 0 Å². The monoisotopic (exact) mass is 436 g/mol. The van der Waals surface area contributed by atoms with E-state index in [1.54, 1.807) is 13.0 Å². The number of fused-ring (bicyclic) bond motifs is 3. The molecule has 0 aliphatic carbocycles. The summed E-state index contributed by atoms with van der Waals surface area (Å²) in [7, 11) is 0. The fourth-order valence-electron chi connectivity index (χ4n) is 3.70. The van der Waals surface area contributed by atoms with Gasteiger partial charge in [0.15, 0.2) is 17.1 Å². The molecule has 32 heavy (non-hydrogen) atoms. The van der Waals surface area contributed by atoms with E-state index in [4.69, 9.17) is 9.15 Å². The third-order valence-corrected chi connectivity index (χ3v) is 5.55. The molecule has 4 rings (SSSR count). The minimum Gasteiger partial charge on any atom is -0.507 e. The second-order valence-corrected chi connectivity index (χ2v) is 8.56. The number of phenols is 3. The van der Waals surface area contributed by atoms with Crippen molar-refractivity contribution in [1.29, 1.82) is 0 Å². The minimum atomic E-state index is -0.954. The van der Waals surface area contributed by atoms with Crippen molar-refractivity contribution in [3.8, 4) is 34.1 Å². The van der Waals surface area contributed by atoms with Crippen molar-refractivity contribution in [1.82, 2.24) is 0 Å². The van der Waals surface area contributed by atoms with Crippen LogP contribution in [0.3, 0.4) is 0 Å². The van der Waals surface area contributed by atoms with Crippen molar-refractivity contribution in [3.63, 3.8) is 0 Å². The highest BCUT2D eigenvalue weighted by Crippen LogP contribution is 2.45. The van der Waals surface area contributed by atoms with Gasteiger partial charge in [-0.2, -0.15) is 0 Å². The van der Waals surface area contributed by atoms with Crippen molar-refractivity contribution in [2.45, 2.75) is 38.9 Å². The van der Waals surface area contributed by atoms with Crippen molar-refractivity contribution in [3.05, 3.63) is 64.0 Å². The smallest absolute Gasteiger partial charge is 0.204 e. The lowest BCUT2D eigenvalue weighted by Gasteiger charge is -2.30. The van der Waals surface area contributed by atoms with Crippen LogP contribution in [-0.4, -0.2) is 32.1 Å². The maximum atomic E-state index is 13.4. The van der Waals surface area contributed by atoms with Gasteiger partial charge in [-0.15, -0.1) is 0 Å². The largest absolute Gasteiger partial charge is 0.507 e. The van der Waals surface area contributed by atoms with Gasteiger partial charge >= 0.3 is 0 Å².